The molecular formula is C24H20FN7O3. The minimum Gasteiger partial charge on any atom is -0.357 e. The average Bonchev–Trinajstić information content (AvgIpc) is 3.67. The van der Waals surface area contributed by atoms with Crippen molar-refractivity contribution in [1.29, 1.82) is 0 Å². The second kappa shape index (κ2) is 8.12. The average molecular weight is 473 g/mol. The zero-order chi connectivity index (χ0) is 24.1. The lowest BCUT2D eigenvalue weighted by atomic mass is 10.0. The molecular weight excluding hydrogens is 453 g/mol. The zero-order valence-corrected chi connectivity index (χ0v) is 18.5. The third kappa shape index (κ3) is 3.47. The Kier molecular flexibility index (Phi) is 4.90. The molecule has 0 aliphatic carbocycles. The number of carbonyl (C=O) groups excluding carboxylic acids is 3. The molecule has 2 unspecified atom stereocenters. The minimum atomic E-state index is -0.794. The zero-order valence-electron chi connectivity index (χ0n) is 18.5. The number of H-pyrrole nitrogens is 1. The van der Waals surface area contributed by atoms with Gasteiger partial charge in [0, 0.05) is 49.8 Å². The van der Waals surface area contributed by atoms with Crippen LogP contribution in [0.2, 0.25) is 0 Å². The molecule has 2 amide bonds. The minimum absolute atomic E-state index is 0.0234. The van der Waals surface area contributed by atoms with Crippen LogP contribution in [0.25, 0.3) is 16.7 Å². The van der Waals surface area contributed by atoms with E-state index >= 15 is 0 Å². The number of aromatic amines is 1. The van der Waals surface area contributed by atoms with Crippen molar-refractivity contribution in [2.75, 3.05) is 26.2 Å². The van der Waals surface area contributed by atoms with Crippen LogP contribution in [0.15, 0.2) is 55.1 Å². The van der Waals surface area contributed by atoms with E-state index < -0.39 is 17.5 Å². The molecule has 5 heterocycles. The molecule has 176 valence electrons. The molecule has 2 aliphatic heterocycles. The fourth-order valence-corrected chi connectivity index (χ4v) is 5.10. The normalized spacial score (nSPS) is 19.3. The first-order valence-electron chi connectivity index (χ1n) is 11.2. The van der Waals surface area contributed by atoms with E-state index in [1.54, 1.807) is 17.0 Å². The van der Waals surface area contributed by atoms with Crippen LogP contribution in [-0.2, 0) is 4.79 Å². The van der Waals surface area contributed by atoms with Gasteiger partial charge < -0.3 is 14.8 Å². The van der Waals surface area contributed by atoms with Crippen molar-refractivity contribution in [3.05, 3.63) is 72.1 Å². The van der Waals surface area contributed by atoms with Crippen LogP contribution >= 0.6 is 0 Å². The van der Waals surface area contributed by atoms with E-state index in [1.807, 2.05) is 18.2 Å². The van der Waals surface area contributed by atoms with Gasteiger partial charge in [0.2, 0.25) is 0 Å². The van der Waals surface area contributed by atoms with Crippen LogP contribution in [0.1, 0.15) is 20.7 Å². The van der Waals surface area contributed by atoms with Crippen molar-refractivity contribution in [3.8, 4) is 5.82 Å². The summed E-state index contributed by atoms with van der Waals surface area (Å²) >= 11 is 0. The lowest BCUT2D eigenvalue weighted by Crippen LogP contribution is -2.38. The molecule has 4 aromatic rings. The molecule has 11 heteroatoms. The van der Waals surface area contributed by atoms with Crippen molar-refractivity contribution in [3.63, 3.8) is 0 Å². The van der Waals surface area contributed by atoms with Gasteiger partial charge >= 0.3 is 0 Å². The summed E-state index contributed by atoms with van der Waals surface area (Å²) in [4.78, 5) is 50.4. The van der Waals surface area contributed by atoms with Gasteiger partial charge in [-0.3, -0.25) is 14.4 Å². The number of halogens is 1. The summed E-state index contributed by atoms with van der Waals surface area (Å²) in [7, 11) is 0. The maximum Gasteiger partial charge on any atom is 0.295 e. The molecule has 35 heavy (non-hydrogen) atoms. The molecule has 6 rings (SSSR count). The monoisotopic (exact) mass is 473 g/mol. The number of Topliss-reactive ketones (excluding diaryl/α,β-unsaturated/α-hetero) is 1. The summed E-state index contributed by atoms with van der Waals surface area (Å²) in [5.41, 5.74) is 0.804. The van der Waals surface area contributed by atoms with E-state index in [4.69, 9.17) is 0 Å². The second-order valence-electron chi connectivity index (χ2n) is 8.84. The van der Waals surface area contributed by atoms with Crippen LogP contribution in [0.3, 0.4) is 0 Å². The Balaban J connectivity index is 1.19. The Labute approximate surface area is 198 Å². The molecule has 0 saturated carbocycles. The molecule has 0 spiro atoms. The number of hydrogen-bond donors (Lipinski definition) is 1. The van der Waals surface area contributed by atoms with Crippen molar-refractivity contribution >= 4 is 28.5 Å². The molecule has 3 aromatic heterocycles. The Morgan fingerprint density at radius 1 is 0.943 bits per heavy atom. The Hall–Kier alpha value is -4.41. The number of ketones is 1. The maximum absolute atomic E-state index is 14.7. The van der Waals surface area contributed by atoms with E-state index in [9.17, 15) is 18.8 Å². The SMILES string of the molecule is O=C(C(=O)N1CC2CN(C(=O)c3ccccc3)CC2C1)c1c[nH]c2c(-n3nccn3)ncc(F)c12. The standard InChI is InChI=1S/C24H20FN7O3/c25-18-9-27-22(32-28-6-7-29-32)20-19(18)17(8-26-20)21(33)24(35)31-12-15-10-30(11-16(15)13-31)23(34)14-4-2-1-3-5-14/h1-9,15-16,26H,10-13H2. The van der Waals surface area contributed by atoms with Gasteiger partial charge in [0.05, 0.1) is 35.1 Å². The summed E-state index contributed by atoms with van der Waals surface area (Å²) in [5.74, 6) is -1.81. The van der Waals surface area contributed by atoms with Crippen LogP contribution in [0.5, 0.6) is 0 Å². The summed E-state index contributed by atoms with van der Waals surface area (Å²) in [6.45, 7) is 1.82. The van der Waals surface area contributed by atoms with Gasteiger partial charge in [0.15, 0.2) is 11.6 Å². The summed E-state index contributed by atoms with van der Waals surface area (Å²) in [5, 5.41) is 7.98. The maximum atomic E-state index is 14.7. The van der Waals surface area contributed by atoms with Crippen molar-refractivity contribution < 1.29 is 18.8 Å². The first-order chi connectivity index (χ1) is 17.0. The van der Waals surface area contributed by atoms with Gasteiger partial charge in [-0.2, -0.15) is 10.2 Å². The van der Waals surface area contributed by atoms with Gasteiger partial charge in [0.25, 0.3) is 17.6 Å². The van der Waals surface area contributed by atoms with E-state index in [1.165, 1.54) is 28.3 Å². The quantitative estimate of drug-likeness (QED) is 0.356. The number of fused-ring (bicyclic) bond motifs is 2. The highest BCUT2D eigenvalue weighted by molar-refractivity contribution is 6.45. The van der Waals surface area contributed by atoms with Crippen LogP contribution in [0.4, 0.5) is 4.39 Å². The van der Waals surface area contributed by atoms with Crippen LogP contribution in [-0.4, -0.2) is 78.5 Å². The first-order valence-corrected chi connectivity index (χ1v) is 11.2. The van der Waals surface area contributed by atoms with Crippen LogP contribution in [0, 0.1) is 17.7 Å². The molecule has 0 bridgehead atoms. The van der Waals surface area contributed by atoms with Gasteiger partial charge in [-0.05, 0) is 12.1 Å². The fourth-order valence-electron chi connectivity index (χ4n) is 5.10. The first kappa shape index (κ1) is 21.1. The number of aromatic nitrogens is 5. The molecule has 2 saturated heterocycles. The lowest BCUT2D eigenvalue weighted by Gasteiger charge is -2.21. The lowest BCUT2D eigenvalue weighted by molar-refractivity contribution is -0.125. The number of carbonyl (C=O) groups is 3. The Bertz CT molecular complexity index is 1440. The highest BCUT2D eigenvalue weighted by Gasteiger charge is 2.44. The topological polar surface area (TPSA) is 117 Å². The fraction of sp³-hybridized carbons (Fsp3) is 0.250. The van der Waals surface area contributed by atoms with Crippen molar-refractivity contribution in [1.82, 2.24) is 34.8 Å². The largest absolute Gasteiger partial charge is 0.357 e. The number of amides is 2. The third-order valence-electron chi connectivity index (χ3n) is 6.77. The Morgan fingerprint density at radius 3 is 2.29 bits per heavy atom. The van der Waals surface area contributed by atoms with E-state index in [0.717, 1.165) is 6.20 Å². The number of hydrogen-bond acceptors (Lipinski definition) is 6. The highest BCUT2D eigenvalue weighted by atomic mass is 19.1. The summed E-state index contributed by atoms with van der Waals surface area (Å²) in [6.07, 6.45) is 5.21. The van der Waals surface area contributed by atoms with E-state index in [2.05, 4.69) is 20.2 Å². The van der Waals surface area contributed by atoms with Crippen LogP contribution < -0.4 is 0 Å². The summed E-state index contributed by atoms with van der Waals surface area (Å²) < 4.78 is 14.7. The predicted octanol–water partition coefficient (Wildman–Crippen LogP) is 1.70. The smallest absolute Gasteiger partial charge is 0.295 e. The van der Waals surface area contributed by atoms with E-state index in [0.29, 0.717) is 31.7 Å². The molecule has 2 aliphatic rings. The van der Waals surface area contributed by atoms with Gasteiger partial charge in [0.1, 0.15) is 0 Å². The number of nitrogens with one attached hydrogen (secondary N) is 1. The van der Waals surface area contributed by atoms with Gasteiger partial charge in [-0.1, -0.05) is 18.2 Å². The molecule has 2 atom stereocenters. The molecule has 0 radical (unpaired) electrons. The highest BCUT2D eigenvalue weighted by Crippen LogP contribution is 2.33. The molecule has 2 fully saturated rings. The van der Waals surface area contributed by atoms with Crippen molar-refractivity contribution in [2.45, 2.75) is 0 Å². The predicted molar refractivity (Wildman–Crippen MR) is 121 cm³/mol. The molecule has 10 nitrogen and oxygen atoms in total. The Morgan fingerprint density at radius 2 is 1.60 bits per heavy atom. The number of benzene rings is 1. The number of rotatable bonds is 4. The van der Waals surface area contributed by atoms with Gasteiger partial charge in [-0.25, -0.2) is 9.37 Å². The molecule has 1 aromatic carbocycles. The van der Waals surface area contributed by atoms with E-state index in [-0.39, 0.29) is 40.0 Å². The third-order valence-corrected chi connectivity index (χ3v) is 6.77. The summed E-state index contributed by atoms with van der Waals surface area (Å²) in [6, 6.07) is 9.09. The van der Waals surface area contributed by atoms with Gasteiger partial charge in [-0.15, -0.1) is 4.80 Å². The number of pyridine rings is 1. The number of nitrogens with zero attached hydrogens (tertiary/aromatic N) is 6. The second-order valence-corrected chi connectivity index (χ2v) is 8.84. The molecule has 1 N–H and O–H groups in total. The van der Waals surface area contributed by atoms with Crippen molar-refractivity contribution in [2.24, 2.45) is 11.8 Å². The number of likely N-dealkylation sites (tertiary alicyclic amines) is 2.